The van der Waals surface area contributed by atoms with Crippen LogP contribution in [0.25, 0.3) is 33.6 Å². The summed E-state index contributed by atoms with van der Waals surface area (Å²) in [6.45, 7) is 0. The third kappa shape index (κ3) is 4.81. The lowest BCUT2D eigenvalue weighted by Gasteiger charge is -2.18. The van der Waals surface area contributed by atoms with Gasteiger partial charge in [-0.1, -0.05) is 12.1 Å². The van der Waals surface area contributed by atoms with Gasteiger partial charge in [-0.15, -0.1) is 0 Å². The topological polar surface area (TPSA) is 208 Å². The Hall–Kier alpha value is -5.91. The molecule has 1 unspecified atom stereocenters. The van der Waals surface area contributed by atoms with Gasteiger partial charge in [-0.2, -0.15) is 0 Å². The summed E-state index contributed by atoms with van der Waals surface area (Å²) in [5.74, 6) is -6.30. The summed E-state index contributed by atoms with van der Waals surface area (Å²) in [5, 5.41) is 60.5. The van der Waals surface area contributed by atoms with Gasteiger partial charge in [0.15, 0.2) is 17.3 Å². The number of carboxylic acids is 1. The zero-order valence-electron chi connectivity index (χ0n) is 21.7. The predicted molar refractivity (Wildman–Crippen MR) is 146 cm³/mol. The Balaban J connectivity index is 1.74. The molecule has 0 aliphatic heterocycles. The Morgan fingerprint density at radius 1 is 0.810 bits per heavy atom. The van der Waals surface area contributed by atoms with Crippen molar-refractivity contribution in [3.63, 3.8) is 0 Å². The predicted octanol–water partition coefficient (Wildman–Crippen LogP) is 4.64. The number of carbonyl (C=O) groups excluding carboxylic acids is 1. The number of phenolic OH excluding ortho intramolecular Hbond substituents is 4. The summed E-state index contributed by atoms with van der Waals surface area (Å²) in [7, 11) is 1.15. The smallest absolute Gasteiger partial charge is 0.335 e. The Morgan fingerprint density at radius 3 is 2.14 bits per heavy atom. The molecule has 2 aromatic heterocycles. The van der Waals surface area contributed by atoms with E-state index in [4.69, 9.17) is 18.7 Å². The standard InChI is InChI=1S/C30H22O12/c1-40-23(35)11-16(22-9-8-21(41-22)13-2-4-14(5-3-13)30(38)39)24-19(33)12-20(34)25-26(36)27(37)28(42-29(24)25)15-6-7-17(31)18(32)10-15/h2-10,12,16,31-34,37H,11H2,1H3,(H,38,39). The van der Waals surface area contributed by atoms with Crippen molar-refractivity contribution < 1.29 is 53.8 Å². The zero-order valence-corrected chi connectivity index (χ0v) is 21.7. The highest BCUT2D eigenvalue weighted by Crippen LogP contribution is 2.45. The number of aromatic hydroxyl groups is 5. The van der Waals surface area contributed by atoms with Crippen LogP contribution in [-0.2, 0) is 9.53 Å². The minimum atomic E-state index is -1.15. The molecule has 3 aromatic carbocycles. The molecule has 0 aliphatic carbocycles. The van der Waals surface area contributed by atoms with Crippen molar-refractivity contribution in [2.24, 2.45) is 0 Å². The summed E-state index contributed by atoms with van der Waals surface area (Å²) in [5.41, 5.74) is -1.08. The van der Waals surface area contributed by atoms with E-state index in [2.05, 4.69) is 0 Å². The Bertz CT molecular complexity index is 1910. The first-order valence-corrected chi connectivity index (χ1v) is 12.3. The summed E-state index contributed by atoms with van der Waals surface area (Å²) in [6, 6.07) is 13.1. The van der Waals surface area contributed by atoms with E-state index >= 15 is 0 Å². The molecule has 5 aromatic rings. The fourth-order valence-electron chi connectivity index (χ4n) is 4.61. The van der Waals surface area contributed by atoms with Crippen molar-refractivity contribution in [1.82, 2.24) is 0 Å². The second kappa shape index (κ2) is 10.6. The number of rotatable bonds is 7. The van der Waals surface area contributed by atoms with Crippen molar-refractivity contribution >= 4 is 22.9 Å². The number of phenols is 4. The molecule has 12 heteroatoms. The molecule has 0 aliphatic rings. The number of carboxylic acid groups (broad SMARTS) is 1. The van der Waals surface area contributed by atoms with Gasteiger partial charge in [0.2, 0.25) is 11.2 Å². The third-order valence-corrected chi connectivity index (χ3v) is 6.71. The second-order valence-corrected chi connectivity index (χ2v) is 9.26. The van der Waals surface area contributed by atoms with Crippen molar-refractivity contribution in [2.45, 2.75) is 12.3 Å². The number of benzene rings is 3. The summed E-state index contributed by atoms with van der Waals surface area (Å²) in [6.07, 6.45) is -0.422. The molecule has 42 heavy (non-hydrogen) atoms. The molecule has 0 fully saturated rings. The van der Waals surface area contributed by atoms with Crippen LogP contribution in [0.2, 0.25) is 0 Å². The SMILES string of the molecule is COC(=O)CC(c1ccc(-c2ccc(C(=O)O)cc2)o1)c1c(O)cc(O)c2c(=O)c(O)c(-c3ccc(O)c(O)c3)oc12. The number of hydrogen-bond acceptors (Lipinski definition) is 11. The average molecular weight is 574 g/mol. The summed E-state index contributed by atoms with van der Waals surface area (Å²) < 4.78 is 16.7. The number of esters is 1. The van der Waals surface area contributed by atoms with Crippen molar-refractivity contribution in [3.05, 3.63) is 87.8 Å². The van der Waals surface area contributed by atoms with E-state index in [0.29, 0.717) is 11.3 Å². The van der Waals surface area contributed by atoms with Crippen LogP contribution in [0.1, 0.15) is 34.0 Å². The third-order valence-electron chi connectivity index (χ3n) is 6.71. The van der Waals surface area contributed by atoms with Crippen LogP contribution in [-0.4, -0.2) is 49.7 Å². The molecular formula is C30H22O12. The lowest BCUT2D eigenvalue weighted by Crippen LogP contribution is -2.12. The molecule has 0 spiro atoms. The molecular weight excluding hydrogens is 552 g/mol. The highest BCUT2D eigenvalue weighted by atomic mass is 16.5. The maximum Gasteiger partial charge on any atom is 0.335 e. The highest BCUT2D eigenvalue weighted by molar-refractivity contribution is 5.92. The fraction of sp³-hybridized carbons (Fsp3) is 0.100. The van der Waals surface area contributed by atoms with Crippen LogP contribution in [0.3, 0.4) is 0 Å². The van der Waals surface area contributed by atoms with Crippen LogP contribution in [0.5, 0.6) is 28.7 Å². The van der Waals surface area contributed by atoms with Gasteiger partial charge in [0.25, 0.3) is 0 Å². The Morgan fingerprint density at radius 2 is 1.50 bits per heavy atom. The van der Waals surface area contributed by atoms with Crippen molar-refractivity contribution in [3.8, 4) is 51.4 Å². The number of hydrogen-bond donors (Lipinski definition) is 6. The average Bonchev–Trinajstić information content (AvgIpc) is 3.45. The van der Waals surface area contributed by atoms with Gasteiger partial charge in [-0.25, -0.2) is 4.79 Å². The molecule has 0 amide bonds. The van der Waals surface area contributed by atoms with Gasteiger partial charge in [-0.3, -0.25) is 9.59 Å². The quantitative estimate of drug-likeness (QED) is 0.116. The van der Waals surface area contributed by atoms with Crippen LogP contribution in [0.4, 0.5) is 0 Å². The molecule has 1 atom stereocenters. The number of aromatic carboxylic acids is 1. The number of furan rings is 1. The Kier molecular flexibility index (Phi) is 6.96. The molecule has 12 nitrogen and oxygen atoms in total. The molecule has 0 radical (unpaired) electrons. The van der Waals surface area contributed by atoms with E-state index in [9.17, 15) is 39.9 Å². The monoisotopic (exact) mass is 574 g/mol. The van der Waals surface area contributed by atoms with Gasteiger partial charge < -0.3 is 44.2 Å². The molecule has 5 rings (SSSR count). The maximum atomic E-state index is 13.2. The van der Waals surface area contributed by atoms with Crippen LogP contribution >= 0.6 is 0 Å². The van der Waals surface area contributed by atoms with E-state index in [1.807, 2.05) is 0 Å². The van der Waals surface area contributed by atoms with Crippen molar-refractivity contribution in [2.75, 3.05) is 7.11 Å². The van der Waals surface area contributed by atoms with E-state index < -0.39 is 75.2 Å². The van der Waals surface area contributed by atoms with Crippen LogP contribution < -0.4 is 5.43 Å². The van der Waals surface area contributed by atoms with Gasteiger partial charge in [0.05, 0.1) is 25.0 Å². The summed E-state index contributed by atoms with van der Waals surface area (Å²) >= 11 is 0. The molecule has 0 saturated carbocycles. The van der Waals surface area contributed by atoms with Gasteiger partial charge in [-0.05, 0) is 42.5 Å². The number of methoxy groups -OCH3 is 1. The second-order valence-electron chi connectivity index (χ2n) is 9.26. The zero-order chi connectivity index (χ0) is 30.3. The lowest BCUT2D eigenvalue weighted by molar-refractivity contribution is -0.140. The Labute approximate surface area is 235 Å². The van der Waals surface area contributed by atoms with Gasteiger partial charge in [0, 0.05) is 22.8 Å². The largest absolute Gasteiger partial charge is 0.507 e. The molecule has 2 heterocycles. The van der Waals surface area contributed by atoms with E-state index in [1.54, 1.807) is 6.07 Å². The van der Waals surface area contributed by atoms with Gasteiger partial charge >= 0.3 is 11.9 Å². The summed E-state index contributed by atoms with van der Waals surface area (Å²) in [4.78, 5) is 37.0. The van der Waals surface area contributed by atoms with Crippen LogP contribution in [0.15, 0.2) is 74.3 Å². The van der Waals surface area contributed by atoms with Gasteiger partial charge in [0.1, 0.15) is 34.0 Å². The maximum absolute atomic E-state index is 13.2. The number of carbonyl (C=O) groups is 2. The highest BCUT2D eigenvalue weighted by Gasteiger charge is 2.32. The molecule has 6 N–H and O–H groups in total. The van der Waals surface area contributed by atoms with Crippen LogP contribution in [0, 0.1) is 0 Å². The minimum Gasteiger partial charge on any atom is -0.507 e. The lowest BCUT2D eigenvalue weighted by atomic mass is 9.90. The molecule has 0 saturated heterocycles. The van der Waals surface area contributed by atoms with E-state index in [1.165, 1.54) is 36.4 Å². The minimum absolute atomic E-state index is 0.0230. The number of ether oxygens (including phenoxy) is 1. The normalized spacial score (nSPS) is 11.8. The van der Waals surface area contributed by atoms with Crippen molar-refractivity contribution in [1.29, 1.82) is 0 Å². The first-order chi connectivity index (χ1) is 20.0. The molecule has 0 bridgehead atoms. The first kappa shape index (κ1) is 27.6. The van der Waals surface area contributed by atoms with E-state index in [0.717, 1.165) is 25.3 Å². The molecule has 214 valence electrons. The number of fused-ring (bicyclic) bond motifs is 1. The van der Waals surface area contributed by atoms with E-state index in [-0.39, 0.29) is 22.5 Å². The first-order valence-electron chi connectivity index (χ1n) is 12.3. The fourth-order valence-corrected chi connectivity index (χ4v) is 4.61.